The first-order valence-electron chi connectivity index (χ1n) is 14.4. The largest absolute Gasteiger partial charge is 0.497 e. The van der Waals surface area contributed by atoms with Gasteiger partial charge in [-0.05, 0) is 62.6 Å². The molecule has 2 aliphatic heterocycles. The fourth-order valence-corrected chi connectivity index (χ4v) is 6.39. The summed E-state index contributed by atoms with van der Waals surface area (Å²) in [4.78, 5) is 52.8. The maximum absolute atomic E-state index is 13.7. The number of methoxy groups -OCH3 is 1. The number of carbonyl (C=O) groups excluding carboxylic acids is 3. The van der Waals surface area contributed by atoms with Crippen LogP contribution >= 0.6 is 11.8 Å². The highest BCUT2D eigenvalue weighted by Gasteiger charge is 2.48. The van der Waals surface area contributed by atoms with Crippen LogP contribution in [0.25, 0.3) is 0 Å². The van der Waals surface area contributed by atoms with Crippen molar-refractivity contribution in [2.45, 2.75) is 63.4 Å². The zero-order valence-corrected chi connectivity index (χ0v) is 26.6. The number of nitro benzene ring substituents is 1. The van der Waals surface area contributed by atoms with Gasteiger partial charge in [0.2, 0.25) is 5.91 Å². The van der Waals surface area contributed by atoms with E-state index in [1.54, 1.807) is 44.5 Å². The number of hydrogen-bond acceptors (Lipinski definition) is 9. The number of nitro groups is 1. The van der Waals surface area contributed by atoms with Crippen LogP contribution in [0.1, 0.15) is 45.2 Å². The Balaban J connectivity index is 1.37. The highest BCUT2D eigenvalue weighted by atomic mass is 32.2. The average Bonchev–Trinajstić information content (AvgIpc) is 3.40. The van der Waals surface area contributed by atoms with Gasteiger partial charge in [-0.3, -0.25) is 19.8 Å². The molecule has 13 heteroatoms. The number of alkyl carbamates (subject to hydrolysis) is 1. The molecule has 2 aliphatic rings. The van der Waals surface area contributed by atoms with Crippen molar-refractivity contribution < 1.29 is 33.5 Å². The molecular weight excluding hydrogens is 588 g/mol. The van der Waals surface area contributed by atoms with Gasteiger partial charge in [-0.1, -0.05) is 19.1 Å². The van der Waals surface area contributed by atoms with Crippen LogP contribution in [0.5, 0.6) is 5.75 Å². The molecule has 4 rings (SSSR count). The number of non-ortho nitro benzene ring substituents is 1. The monoisotopic (exact) mass is 628 g/mol. The van der Waals surface area contributed by atoms with Crippen LogP contribution in [0.3, 0.4) is 0 Å². The van der Waals surface area contributed by atoms with E-state index in [1.807, 2.05) is 31.2 Å². The van der Waals surface area contributed by atoms with E-state index < -0.39 is 28.8 Å². The van der Waals surface area contributed by atoms with E-state index in [2.05, 4.69) is 5.32 Å². The Morgan fingerprint density at radius 2 is 1.70 bits per heavy atom. The van der Waals surface area contributed by atoms with Gasteiger partial charge in [-0.15, -0.1) is 0 Å². The van der Waals surface area contributed by atoms with Crippen LogP contribution in [-0.4, -0.2) is 83.0 Å². The molecule has 0 bridgehead atoms. The Hall–Kier alpha value is -4.00. The molecule has 2 saturated heterocycles. The number of carbonyl (C=O) groups is 3. The normalized spacial score (nSPS) is 19.1. The van der Waals surface area contributed by atoms with Gasteiger partial charge < -0.3 is 24.4 Å². The molecule has 0 radical (unpaired) electrons. The van der Waals surface area contributed by atoms with E-state index in [9.17, 15) is 24.5 Å². The molecule has 0 saturated carbocycles. The SMILES string of the molecule is COc1ccc(CS[C@H]2C[C@@H](C(=O)N3CC(C)(CNC(=O)OC(C)(C)C)C3)N(C(=O)OCc3ccc([N+](=O)[O-])cc3)C2)cc1. The number of nitrogens with one attached hydrogen (secondary N) is 1. The number of nitrogens with zero attached hydrogens (tertiary/aromatic N) is 3. The third-order valence-corrected chi connectivity index (χ3v) is 8.76. The lowest BCUT2D eigenvalue weighted by atomic mass is 9.81. The van der Waals surface area contributed by atoms with E-state index in [0.717, 1.165) is 11.3 Å². The summed E-state index contributed by atoms with van der Waals surface area (Å²) >= 11 is 1.68. The van der Waals surface area contributed by atoms with Crippen molar-refractivity contribution >= 4 is 35.5 Å². The van der Waals surface area contributed by atoms with Crippen molar-refractivity contribution in [2.24, 2.45) is 5.41 Å². The number of rotatable bonds is 10. The molecule has 0 aliphatic carbocycles. The summed E-state index contributed by atoms with van der Waals surface area (Å²) < 4.78 is 16.1. The first-order valence-corrected chi connectivity index (χ1v) is 15.5. The van der Waals surface area contributed by atoms with Gasteiger partial charge in [0.05, 0.1) is 12.0 Å². The summed E-state index contributed by atoms with van der Waals surface area (Å²) in [5.41, 5.74) is 0.744. The summed E-state index contributed by atoms with van der Waals surface area (Å²) in [6.07, 6.45) is -0.627. The van der Waals surface area contributed by atoms with Crippen molar-refractivity contribution in [3.8, 4) is 5.75 Å². The van der Waals surface area contributed by atoms with Gasteiger partial charge in [0.1, 0.15) is 24.0 Å². The van der Waals surface area contributed by atoms with Crippen molar-refractivity contribution in [2.75, 3.05) is 33.3 Å². The molecule has 3 amide bonds. The summed E-state index contributed by atoms with van der Waals surface area (Å²) in [6, 6.07) is 12.9. The second-order valence-corrected chi connectivity index (χ2v) is 13.8. The Morgan fingerprint density at radius 3 is 2.30 bits per heavy atom. The topological polar surface area (TPSA) is 141 Å². The zero-order valence-electron chi connectivity index (χ0n) is 25.7. The Kier molecular flexibility index (Phi) is 10.3. The molecule has 0 spiro atoms. The third-order valence-electron chi connectivity index (χ3n) is 7.45. The van der Waals surface area contributed by atoms with Gasteiger partial charge >= 0.3 is 12.2 Å². The summed E-state index contributed by atoms with van der Waals surface area (Å²) in [7, 11) is 1.62. The summed E-state index contributed by atoms with van der Waals surface area (Å²) in [5.74, 6) is 1.33. The lowest BCUT2D eigenvalue weighted by Crippen LogP contribution is -2.64. The van der Waals surface area contributed by atoms with Gasteiger partial charge in [0, 0.05) is 54.7 Å². The smallest absolute Gasteiger partial charge is 0.410 e. The van der Waals surface area contributed by atoms with Crippen molar-refractivity contribution in [3.63, 3.8) is 0 Å². The van der Waals surface area contributed by atoms with E-state index in [1.165, 1.54) is 29.2 Å². The molecular formula is C31H40N4O8S. The highest BCUT2D eigenvalue weighted by Crippen LogP contribution is 2.35. The molecule has 2 heterocycles. The third kappa shape index (κ3) is 8.77. The zero-order chi connectivity index (χ0) is 32.1. The van der Waals surface area contributed by atoms with Crippen LogP contribution in [0.4, 0.5) is 15.3 Å². The lowest BCUT2D eigenvalue weighted by molar-refractivity contribution is -0.384. The maximum Gasteiger partial charge on any atom is 0.410 e. The van der Waals surface area contributed by atoms with Crippen molar-refractivity contribution in [1.29, 1.82) is 0 Å². The second kappa shape index (κ2) is 13.7. The predicted octanol–water partition coefficient (Wildman–Crippen LogP) is 4.99. The van der Waals surface area contributed by atoms with Gasteiger partial charge in [0.15, 0.2) is 0 Å². The number of likely N-dealkylation sites (tertiary alicyclic amines) is 2. The molecule has 2 fully saturated rings. The van der Waals surface area contributed by atoms with Crippen LogP contribution in [0, 0.1) is 15.5 Å². The van der Waals surface area contributed by atoms with Gasteiger partial charge in [-0.2, -0.15) is 11.8 Å². The average molecular weight is 629 g/mol. The van der Waals surface area contributed by atoms with Crippen molar-refractivity contribution in [1.82, 2.24) is 15.1 Å². The first kappa shape index (κ1) is 32.9. The van der Waals surface area contributed by atoms with Crippen LogP contribution in [0.2, 0.25) is 0 Å². The quantitative estimate of drug-likeness (QED) is 0.285. The lowest BCUT2D eigenvalue weighted by Gasteiger charge is -2.49. The Labute approximate surface area is 261 Å². The highest BCUT2D eigenvalue weighted by molar-refractivity contribution is 7.99. The Bertz CT molecular complexity index is 1340. The predicted molar refractivity (Wildman–Crippen MR) is 165 cm³/mol. The van der Waals surface area contributed by atoms with Crippen LogP contribution in [0.15, 0.2) is 48.5 Å². The number of amides is 3. The number of benzene rings is 2. The minimum absolute atomic E-state index is 0.0134. The van der Waals surface area contributed by atoms with E-state index >= 15 is 0 Å². The van der Waals surface area contributed by atoms with Gasteiger partial charge in [-0.25, -0.2) is 9.59 Å². The van der Waals surface area contributed by atoms with Crippen LogP contribution in [-0.2, 0) is 26.6 Å². The standard InChI is InChI=1S/C31H40N4O8S/c1-30(2,3)43-28(37)32-18-31(4)19-33(20-31)27(36)26-14-25(44-17-22-8-12-24(41-5)13-9-22)15-34(26)29(38)42-16-21-6-10-23(11-7-21)35(39)40/h6-13,25-26H,14-20H2,1-5H3,(H,32,37)/t25-,26-/m0/s1. The minimum atomic E-state index is -0.684. The number of ether oxygens (including phenoxy) is 3. The molecule has 238 valence electrons. The van der Waals surface area contributed by atoms with Gasteiger partial charge in [0.25, 0.3) is 5.69 Å². The molecule has 1 N–H and O–H groups in total. The number of thioether (sulfide) groups is 1. The fourth-order valence-electron chi connectivity index (χ4n) is 5.19. The molecule has 0 unspecified atom stereocenters. The molecule has 2 aromatic carbocycles. The molecule has 2 atom stereocenters. The fraction of sp³-hybridized carbons (Fsp3) is 0.516. The summed E-state index contributed by atoms with van der Waals surface area (Å²) in [5, 5.41) is 13.7. The molecule has 12 nitrogen and oxygen atoms in total. The summed E-state index contributed by atoms with van der Waals surface area (Å²) in [6.45, 7) is 8.89. The van der Waals surface area contributed by atoms with E-state index in [-0.39, 0.29) is 28.9 Å². The van der Waals surface area contributed by atoms with Crippen LogP contribution < -0.4 is 10.1 Å². The Morgan fingerprint density at radius 1 is 1.07 bits per heavy atom. The van der Waals surface area contributed by atoms with Crippen molar-refractivity contribution in [3.05, 3.63) is 69.8 Å². The second-order valence-electron chi connectivity index (χ2n) is 12.5. The molecule has 44 heavy (non-hydrogen) atoms. The van der Waals surface area contributed by atoms with E-state index in [4.69, 9.17) is 14.2 Å². The molecule has 0 aromatic heterocycles. The van der Waals surface area contributed by atoms with E-state index in [0.29, 0.717) is 43.9 Å². The molecule has 2 aromatic rings. The first-order chi connectivity index (χ1) is 20.7. The number of hydrogen-bond donors (Lipinski definition) is 1. The maximum atomic E-state index is 13.7. The minimum Gasteiger partial charge on any atom is -0.497 e.